The lowest BCUT2D eigenvalue weighted by atomic mass is 9.97. The Hall–Kier alpha value is -5.26. The number of nitrogens with two attached hydrogens (primary N) is 3. The lowest BCUT2D eigenvalue weighted by molar-refractivity contribution is -0.142. The molecule has 0 aliphatic rings. The van der Waals surface area contributed by atoms with Gasteiger partial charge in [0.1, 0.15) is 24.2 Å². The molecule has 0 spiro atoms. The number of aliphatic imine (C=N–C) groups is 1. The highest BCUT2D eigenvalue weighted by Gasteiger charge is 2.32. The van der Waals surface area contributed by atoms with E-state index < -0.39 is 90.6 Å². The monoisotopic (exact) mass is 733 g/mol. The Morgan fingerprint density at radius 2 is 1.38 bits per heavy atom. The minimum Gasteiger partial charge on any atom is -0.481 e. The van der Waals surface area contributed by atoms with Crippen LogP contribution in [0, 0.1) is 11.8 Å². The van der Waals surface area contributed by atoms with E-state index in [2.05, 4.69) is 31.6 Å². The number of benzene rings is 1. The fourth-order valence-corrected chi connectivity index (χ4v) is 4.99. The molecule has 0 saturated heterocycles. The van der Waals surface area contributed by atoms with Crippen molar-refractivity contribution in [2.75, 3.05) is 13.1 Å². The van der Waals surface area contributed by atoms with E-state index in [1.54, 1.807) is 58.0 Å². The van der Waals surface area contributed by atoms with Crippen molar-refractivity contribution in [3.8, 4) is 0 Å². The number of nitrogens with zero attached hydrogens (tertiary/aromatic N) is 1. The van der Waals surface area contributed by atoms with Crippen molar-refractivity contribution >= 4 is 47.4 Å². The maximum Gasteiger partial charge on any atom is 0.326 e. The third-order valence-electron chi connectivity index (χ3n) is 8.05. The predicted molar refractivity (Wildman–Crippen MR) is 192 cm³/mol. The molecule has 0 radical (unpaired) electrons. The topological polar surface area (TPSA) is 311 Å². The van der Waals surface area contributed by atoms with Gasteiger partial charge in [-0.1, -0.05) is 64.4 Å². The van der Waals surface area contributed by atoms with E-state index in [4.69, 9.17) is 17.2 Å². The minimum absolute atomic E-state index is 0.0420. The first-order valence-corrected chi connectivity index (χ1v) is 17.2. The second kappa shape index (κ2) is 23.3. The number of hydrogen-bond donors (Lipinski definition) is 10. The van der Waals surface area contributed by atoms with Crippen molar-refractivity contribution in [1.82, 2.24) is 26.6 Å². The Labute approximate surface area is 303 Å². The zero-order valence-electron chi connectivity index (χ0n) is 30.2. The Bertz CT molecular complexity index is 1390. The summed E-state index contributed by atoms with van der Waals surface area (Å²) >= 11 is 0. The van der Waals surface area contributed by atoms with E-state index in [9.17, 15) is 43.8 Å². The lowest BCUT2D eigenvalue weighted by Crippen LogP contribution is -2.58. The molecule has 0 fully saturated rings. The highest BCUT2D eigenvalue weighted by molar-refractivity contribution is 5.95. The smallest absolute Gasteiger partial charge is 0.326 e. The second-order valence-corrected chi connectivity index (χ2v) is 13.0. The number of hydrogen-bond acceptors (Lipinski definition) is 9. The molecule has 6 atom stereocenters. The van der Waals surface area contributed by atoms with Gasteiger partial charge in [-0.2, -0.15) is 0 Å². The van der Waals surface area contributed by atoms with Gasteiger partial charge in [-0.3, -0.25) is 33.8 Å². The SMILES string of the molecule is CC[C@H](C)[C@H](NC(=O)[C@H](CCC(=O)O)NC(=O)[C@@H](N)Cc1ccccc1)C(=O)NCC(=O)N[C@@H](CCCN=C(N)N)C(=O)N[C@@H](CC(C)C)C(=O)O. The summed E-state index contributed by atoms with van der Waals surface area (Å²) in [5.41, 5.74) is 17.5. The number of carbonyl (C=O) groups is 7. The zero-order chi connectivity index (χ0) is 39.4. The van der Waals surface area contributed by atoms with Crippen LogP contribution >= 0.6 is 0 Å². The van der Waals surface area contributed by atoms with Gasteiger partial charge in [-0.15, -0.1) is 0 Å². The van der Waals surface area contributed by atoms with E-state index in [0.29, 0.717) is 6.42 Å². The maximum atomic E-state index is 13.4. The van der Waals surface area contributed by atoms with Crippen LogP contribution in [-0.2, 0) is 40.0 Å². The van der Waals surface area contributed by atoms with Crippen molar-refractivity contribution in [2.24, 2.45) is 34.0 Å². The summed E-state index contributed by atoms with van der Waals surface area (Å²) in [5, 5.41) is 31.3. The van der Waals surface area contributed by atoms with Crippen molar-refractivity contribution < 1.29 is 43.8 Å². The van der Waals surface area contributed by atoms with E-state index in [1.165, 1.54) is 0 Å². The highest BCUT2D eigenvalue weighted by atomic mass is 16.4. The van der Waals surface area contributed by atoms with E-state index in [-0.39, 0.29) is 50.5 Å². The summed E-state index contributed by atoms with van der Waals surface area (Å²) in [5.74, 6) is -6.91. The molecule has 0 aromatic heterocycles. The average Bonchev–Trinajstić information content (AvgIpc) is 3.08. The van der Waals surface area contributed by atoms with Crippen LogP contribution in [0.25, 0.3) is 0 Å². The molecule has 5 amide bonds. The molecule has 0 aliphatic heterocycles. The third-order valence-corrected chi connectivity index (χ3v) is 8.05. The minimum atomic E-state index is -1.34. The van der Waals surface area contributed by atoms with Gasteiger partial charge in [0.2, 0.25) is 29.5 Å². The van der Waals surface area contributed by atoms with Gasteiger partial charge in [0.05, 0.1) is 12.6 Å². The Morgan fingerprint density at radius 3 is 1.94 bits per heavy atom. The van der Waals surface area contributed by atoms with Crippen molar-refractivity contribution in [2.45, 2.75) is 103 Å². The standard InChI is InChI=1S/C34H55N9O9/c1-5-20(4)28(43-31(49)24(13-14-27(45)46)41-29(47)22(35)17-21-10-7-6-8-11-21)32(50)39-18-26(44)40-23(12-9-15-38-34(36)37)30(48)42-25(33(51)52)16-19(2)3/h6-8,10-11,19-20,22-25,28H,5,9,12-18,35H2,1-4H3,(H,39,50)(H,40,44)(H,41,47)(H,42,48)(H,43,49)(H,45,46)(H,51,52)(H4,36,37,38)/t20-,22-,23-,24-,25-,28-/m0/s1. The summed E-state index contributed by atoms with van der Waals surface area (Å²) < 4.78 is 0. The van der Waals surface area contributed by atoms with Crippen LogP contribution in [0.1, 0.15) is 71.8 Å². The maximum absolute atomic E-state index is 13.4. The number of guanidine groups is 1. The molecule has 18 nitrogen and oxygen atoms in total. The van der Waals surface area contributed by atoms with Crippen molar-refractivity contribution in [3.05, 3.63) is 35.9 Å². The van der Waals surface area contributed by atoms with Crippen molar-refractivity contribution in [3.63, 3.8) is 0 Å². The lowest BCUT2D eigenvalue weighted by Gasteiger charge is -2.27. The van der Waals surface area contributed by atoms with Gasteiger partial charge in [-0.25, -0.2) is 4.79 Å². The molecule has 0 saturated carbocycles. The number of carboxylic acids is 2. The number of aliphatic carboxylic acids is 2. The molecular weight excluding hydrogens is 678 g/mol. The highest BCUT2D eigenvalue weighted by Crippen LogP contribution is 2.11. The number of carboxylic acid groups (broad SMARTS) is 2. The summed E-state index contributed by atoms with van der Waals surface area (Å²) in [7, 11) is 0. The fraction of sp³-hybridized carbons (Fsp3) is 0.588. The number of rotatable bonds is 24. The molecule has 290 valence electrons. The molecule has 13 N–H and O–H groups in total. The summed E-state index contributed by atoms with van der Waals surface area (Å²) in [6.45, 7) is 6.56. The Morgan fingerprint density at radius 1 is 0.788 bits per heavy atom. The Kier molecular flexibility index (Phi) is 20.0. The summed E-state index contributed by atoms with van der Waals surface area (Å²) in [6, 6.07) is 2.97. The van der Waals surface area contributed by atoms with E-state index in [0.717, 1.165) is 5.56 Å². The molecule has 0 bridgehead atoms. The average molecular weight is 734 g/mol. The molecule has 0 aliphatic carbocycles. The van der Waals surface area contributed by atoms with Crippen LogP contribution < -0.4 is 43.8 Å². The van der Waals surface area contributed by atoms with Gasteiger partial charge in [0.15, 0.2) is 5.96 Å². The first-order valence-electron chi connectivity index (χ1n) is 17.2. The molecule has 52 heavy (non-hydrogen) atoms. The first kappa shape index (κ1) is 44.8. The zero-order valence-corrected chi connectivity index (χ0v) is 30.2. The summed E-state index contributed by atoms with van der Waals surface area (Å²) in [6.07, 6.45) is 0.279. The van der Waals surface area contributed by atoms with Crippen LogP contribution in [-0.4, -0.2) is 101 Å². The molecule has 1 aromatic rings. The van der Waals surface area contributed by atoms with Gasteiger partial charge >= 0.3 is 11.9 Å². The van der Waals surface area contributed by atoms with Gasteiger partial charge < -0.3 is 54.0 Å². The van der Waals surface area contributed by atoms with Crippen LogP contribution in [0.3, 0.4) is 0 Å². The fourth-order valence-electron chi connectivity index (χ4n) is 4.99. The molecule has 1 aromatic carbocycles. The third kappa shape index (κ3) is 17.6. The number of nitrogens with one attached hydrogen (secondary N) is 5. The number of carbonyl (C=O) groups excluding carboxylic acids is 5. The van der Waals surface area contributed by atoms with Gasteiger partial charge in [0, 0.05) is 13.0 Å². The van der Waals surface area contributed by atoms with E-state index in [1.807, 2.05) is 0 Å². The van der Waals surface area contributed by atoms with Crippen LogP contribution in [0.15, 0.2) is 35.3 Å². The molecule has 0 unspecified atom stereocenters. The van der Waals surface area contributed by atoms with Crippen LogP contribution in [0.4, 0.5) is 0 Å². The van der Waals surface area contributed by atoms with Gasteiger partial charge in [-0.05, 0) is 49.5 Å². The summed E-state index contributed by atoms with van der Waals surface area (Å²) in [4.78, 5) is 92.6. The predicted octanol–water partition coefficient (Wildman–Crippen LogP) is -1.29. The molecule has 0 heterocycles. The largest absolute Gasteiger partial charge is 0.481 e. The second-order valence-electron chi connectivity index (χ2n) is 13.0. The van der Waals surface area contributed by atoms with E-state index >= 15 is 0 Å². The van der Waals surface area contributed by atoms with Crippen LogP contribution in [0.5, 0.6) is 0 Å². The quantitative estimate of drug-likeness (QED) is 0.0337. The molecule has 1 rings (SSSR count). The first-order chi connectivity index (χ1) is 24.4. The van der Waals surface area contributed by atoms with Crippen LogP contribution in [0.2, 0.25) is 0 Å². The normalized spacial score (nSPS) is 14.3. The Balaban J connectivity index is 3.03. The number of amides is 5. The van der Waals surface area contributed by atoms with Crippen molar-refractivity contribution in [1.29, 1.82) is 0 Å². The van der Waals surface area contributed by atoms with Gasteiger partial charge in [0.25, 0.3) is 0 Å². The molecular formula is C34H55N9O9. The molecule has 18 heteroatoms.